The summed E-state index contributed by atoms with van der Waals surface area (Å²) in [4.78, 5) is 16.7. The van der Waals surface area contributed by atoms with Gasteiger partial charge in [-0.05, 0) is 31.0 Å². The molecule has 3 nitrogen and oxygen atoms in total. The SMILES string of the molecule is CCCC(OCC)C(=O)Cc1ccnc2ccccc12. The molecule has 1 aromatic carbocycles. The van der Waals surface area contributed by atoms with Crippen LogP contribution < -0.4 is 0 Å². The van der Waals surface area contributed by atoms with E-state index in [1.54, 1.807) is 6.20 Å². The molecule has 0 saturated carbocycles. The van der Waals surface area contributed by atoms with E-state index in [4.69, 9.17) is 4.74 Å². The van der Waals surface area contributed by atoms with Crippen molar-refractivity contribution in [3.05, 3.63) is 42.1 Å². The van der Waals surface area contributed by atoms with Gasteiger partial charge in [0.25, 0.3) is 0 Å². The second-order valence-corrected chi connectivity index (χ2v) is 4.86. The molecule has 20 heavy (non-hydrogen) atoms. The molecule has 1 unspecified atom stereocenters. The Bertz CT molecular complexity index is 569. The number of carbonyl (C=O) groups is 1. The van der Waals surface area contributed by atoms with Crippen molar-refractivity contribution in [1.82, 2.24) is 4.98 Å². The summed E-state index contributed by atoms with van der Waals surface area (Å²) >= 11 is 0. The number of ketones is 1. The third-order valence-electron chi connectivity index (χ3n) is 3.38. The lowest BCUT2D eigenvalue weighted by atomic mass is 10.00. The molecule has 0 amide bonds. The summed E-state index contributed by atoms with van der Waals surface area (Å²) < 4.78 is 5.56. The van der Waals surface area contributed by atoms with Crippen LogP contribution in [0.4, 0.5) is 0 Å². The fourth-order valence-electron chi connectivity index (χ4n) is 2.41. The molecular formula is C17H21NO2. The summed E-state index contributed by atoms with van der Waals surface area (Å²) in [6.07, 6.45) is 3.63. The first-order chi connectivity index (χ1) is 9.76. The first kappa shape index (κ1) is 14.7. The Morgan fingerprint density at radius 2 is 2.05 bits per heavy atom. The molecule has 1 atom stereocenters. The molecule has 1 aromatic heterocycles. The highest BCUT2D eigenvalue weighted by Gasteiger charge is 2.18. The number of rotatable bonds is 7. The minimum absolute atomic E-state index is 0.157. The third-order valence-corrected chi connectivity index (χ3v) is 3.38. The lowest BCUT2D eigenvalue weighted by Gasteiger charge is -2.15. The molecular weight excluding hydrogens is 250 g/mol. The second kappa shape index (κ2) is 7.15. The molecule has 106 valence electrons. The predicted octanol–water partition coefficient (Wildman–Crippen LogP) is 3.55. The number of para-hydroxylation sites is 1. The highest BCUT2D eigenvalue weighted by Crippen LogP contribution is 2.18. The van der Waals surface area contributed by atoms with Crippen LogP contribution in [0.2, 0.25) is 0 Å². The van der Waals surface area contributed by atoms with Crippen molar-refractivity contribution in [2.45, 2.75) is 39.2 Å². The van der Waals surface area contributed by atoms with E-state index in [0.717, 1.165) is 29.3 Å². The first-order valence-corrected chi connectivity index (χ1v) is 7.23. The van der Waals surface area contributed by atoms with E-state index in [0.29, 0.717) is 13.0 Å². The Kier molecular flexibility index (Phi) is 5.24. The minimum atomic E-state index is -0.281. The van der Waals surface area contributed by atoms with Crippen LogP contribution in [0, 0.1) is 0 Å². The molecule has 0 aliphatic carbocycles. The Labute approximate surface area is 120 Å². The molecule has 0 saturated heterocycles. The van der Waals surface area contributed by atoms with Crippen molar-refractivity contribution in [3.8, 4) is 0 Å². The largest absolute Gasteiger partial charge is 0.371 e. The minimum Gasteiger partial charge on any atom is -0.371 e. The molecule has 0 fully saturated rings. The fourth-order valence-corrected chi connectivity index (χ4v) is 2.41. The van der Waals surface area contributed by atoms with E-state index in [9.17, 15) is 4.79 Å². The van der Waals surface area contributed by atoms with E-state index in [1.165, 1.54) is 0 Å². The maximum Gasteiger partial charge on any atom is 0.165 e. The van der Waals surface area contributed by atoms with Crippen LogP contribution in [0.25, 0.3) is 10.9 Å². The van der Waals surface area contributed by atoms with Gasteiger partial charge in [-0.3, -0.25) is 9.78 Å². The molecule has 0 bridgehead atoms. The Morgan fingerprint density at radius 1 is 1.25 bits per heavy atom. The van der Waals surface area contributed by atoms with Gasteiger partial charge >= 0.3 is 0 Å². The molecule has 0 aliphatic rings. The molecule has 0 N–H and O–H groups in total. The van der Waals surface area contributed by atoms with Gasteiger partial charge < -0.3 is 4.74 Å². The predicted molar refractivity (Wildman–Crippen MR) is 80.8 cm³/mol. The van der Waals surface area contributed by atoms with Crippen LogP contribution in [0.5, 0.6) is 0 Å². The summed E-state index contributed by atoms with van der Waals surface area (Å²) in [5, 5.41) is 1.05. The van der Waals surface area contributed by atoms with E-state index >= 15 is 0 Å². The van der Waals surface area contributed by atoms with E-state index < -0.39 is 0 Å². The van der Waals surface area contributed by atoms with Gasteiger partial charge in [0.2, 0.25) is 0 Å². The number of fused-ring (bicyclic) bond motifs is 1. The zero-order chi connectivity index (χ0) is 14.4. The maximum atomic E-state index is 12.4. The van der Waals surface area contributed by atoms with Crippen LogP contribution in [0.3, 0.4) is 0 Å². The van der Waals surface area contributed by atoms with E-state index in [2.05, 4.69) is 11.9 Å². The fraction of sp³-hybridized carbons (Fsp3) is 0.412. The molecule has 0 spiro atoms. The summed E-state index contributed by atoms with van der Waals surface area (Å²) in [6.45, 7) is 4.58. The lowest BCUT2D eigenvalue weighted by Crippen LogP contribution is -2.26. The number of Topliss-reactive ketones (excluding diaryl/α,β-unsaturated/α-hetero) is 1. The van der Waals surface area contributed by atoms with Crippen molar-refractivity contribution >= 4 is 16.7 Å². The van der Waals surface area contributed by atoms with Crippen molar-refractivity contribution < 1.29 is 9.53 Å². The monoisotopic (exact) mass is 271 g/mol. The topological polar surface area (TPSA) is 39.2 Å². The van der Waals surface area contributed by atoms with Gasteiger partial charge in [0.05, 0.1) is 5.52 Å². The zero-order valence-electron chi connectivity index (χ0n) is 12.1. The normalized spacial score (nSPS) is 12.5. The Morgan fingerprint density at radius 3 is 2.80 bits per heavy atom. The number of aromatic nitrogens is 1. The number of carbonyl (C=O) groups excluding carboxylic acids is 1. The highest BCUT2D eigenvalue weighted by molar-refractivity contribution is 5.90. The van der Waals surface area contributed by atoms with Crippen LogP contribution >= 0.6 is 0 Å². The van der Waals surface area contributed by atoms with Gasteiger partial charge in [-0.2, -0.15) is 0 Å². The summed E-state index contributed by atoms with van der Waals surface area (Å²) in [6, 6.07) is 9.84. The molecule has 1 heterocycles. The standard InChI is InChI=1S/C17H21NO2/c1-3-7-17(20-4-2)16(19)12-13-10-11-18-15-9-6-5-8-14(13)15/h5-6,8-11,17H,3-4,7,12H2,1-2H3. The van der Waals surface area contributed by atoms with Gasteiger partial charge in [0.1, 0.15) is 6.10 Å². The molecule has 0 radical (unpaired) electrons. The van der Waals surface area contributed by atoms with Gasteiger partial charge in [-0.15, -0.1) is 0 Å². The lowest BCUT2D eigenvalue weighted by molar-refractivity contribution is -0.130. The van der Waals surface area contributed by atoms with Gasteiger partial charge in [0.15, 0.2) is 5.78 Å². The number of ether oxygens (including phenoxy) is 1. The van der Waals surface area contributed by atoms with Gasteiger partial charge in [0, 0.05) is 24.6 Å². The summed E-state index contributed by atoms with van der Waals surface area (Å²) in [7, 11) is 0. The van der Waals surface area contributed by atoms with Gasteiger partial charge in [-0.1, -0.05) is 31.5 Å². The van der Waals surface area contributed by atoms with Crippen molar-refractivity contribution in [1.29, 1.82) is 0 Å². The average molecular weight is 271 g/mol. The maximum absolute atomic E-state index is 12.4. The zero-order valence-corrected chi connectivity index (χ0v) is 12.1. The second-order valence-electron chi connectivity index (χ2n) is 4.86. The smallest absolute Gasteiger partial charge is 0.165 e. The number of hydrogen-bond acceptors (Lipinski definition) is 3. The summed E-state index contributed by atoms with van der Waals surface area (Å²) in [5.74, 6) is 0.157. The van der Waals surface area contributed by atoms with Crippen LogP contribution in [0.15, 0.2) is 36.5 Å². The van der Waals surface area contributed by atoms with Crippen LogP contribution in [0.1, 0.15) is 32.3 Å². The molecule has 2 aromatic rings. The van der Waals surface area contributed by atoms with E-state index in [-0.39, 0.29) is 11.9 Å². The van der Waals surface area contributed by atoms with Crippen molar-refractivity contribution in [2.75, 3.05) is 6.61 Å². The third kappa shape index (κ3) is 3.42. The molecule has 0 aliphatic heterocycles. The van der Waals surface area contributed by atoms with E-state index in [1.807, 2.05) is 37.3 Å². The Balaban J connectivity index is 2.20. The average Bonchev–Trinajstić information content (AvgIpc) is 2.47. The number of benzene rings is 1. The van der Waals surface area contributed by atoms with Gasteiger partial charge in [-0.25, -0.2) is 0 Å². The van der Waals surface area contributed by atoms with Crippen molar-refractivity contribution in [2.24, 2.45) is 0 Å². The summed E-state index contributed by atoms with van der Waals surface area (Å²) in [5.41, 5.74) is 1.96. The molecule has 2 rings (SSSR count). The quantitative estimate of drug-likeness (QED) is 0.773. The number of nitrogens with zero attached hydrogens (tertiary/aromatic N) is 1. The number of pyridine rings is 1. The molecule has 3 heteroatoms. The van der Waals surface area contributed by atoms with Crippen molar-refractivity contribution in [3.63, 3.8) is 0 Å². The number of hydrogen-bond donors (Lipinski definition) is 0. The first-order valence-electron chi connectivity index (χ1n) is 7.23. The van der Waals surface area contributed by atoms with Crippen LogP contribution in [-0.4, -0.2) is 23.5 Å². The van der Waals surface area contributed by atoms with Crippen LogP contribution in [-0.2, 0) is 16.0 Å². The Hall–Kier alpha value is -1.74. The highest BCUT2D eigenvalue weighted by atomic mass is 16.5.